The van der Waals surface area contributed by atoms with Gasteiger partial charge in [-0.05, 0) is 208 Å². The Bertz CT molecular complexity index is 6310. The van der Waals surface area contributed by atoms with Gasteiger partial charge in [0.2, 0.25) is 0 Å². The third kappa shape index (κ3) is 7.87. The van der Waals surface area contributed by atoms with Crippen molar-refractivity contribution >= 4 is 131 Å². The molecule has 0 fully saturated rings. The number of furan rings is 2. The highest BCUT2D eigenvalue weighted by molar-refractivity contribution is 6.16. The van der Waals surface area contributed by atoms with Crippen molar-refractivity contribution in [3.05, 3.63) is 328 Å². The largest absolute Gasteiger partial charge is 0.456 e. The molecule has 21 rings (SSSR count). The van der Waals surface area contributed by atoms with Gasteiger partial charge in [0.05, 0.1) is 44.1 Å². The molecule has 0 atom stereocenters. The van der Waals surface area contributed by atoms with E-state index in [0.717, 1.165) is 133 Å². The van der Waals surface area contributed by atoms with Crippen molar-refractivity contribution in [3.8, 4) is 67.3 Å². The first kappa shape index (κ1) is 52.7. The third-order valence-corrected chi connectivity index (χ3v) is 20.3. The summed E-state index contributed by atoms with van der Waals surface area (Å²) in [7, 11) is 0. The molecule has 6 aromatic heterocycles. The van der Waals surface area contributed by atoms with E-state index in [1.807, 2.05) is 0 Å². The van der Waals surface area contributed by atoms with Gasteiger partial charge in [-0.25, -0.2) is 0 Å². The maximum atomic E-state index is 6.60. The van der Waals surface area contributed by atoms with Crippen LogP contribution in [0.25, 0.3) is 198 Å². The van der Waals surface area contributed by atoms with Crippen LogP contribution in [0.3, 0.4) is 0 Å². The maximum Gasteiger partial charge on any atom is 0.135 e. The second kappa shape index (κ2) is 20.3. The molecule has 0 N–H and O–H groups in total. The molecular formula is C90H54N4O2. The lowest BCUT2D eigenvalue weighted by Crippen LogP contribution is -1.95. The molecule has 96 heavy (non-hydrogen) atoms. The van der Waals surface area contributed by atoms with Crippen LogP contribution in [-0.2, 0) is 0 Å². The first-order valence-electron chi connectivity index (χ1n) is 32.9. The number of hydrogen-bond donors (Lipinski definition) is 0. The minimum absolute atomic E-state index is 0.862. The molecule has 0 aliphatic carbocycles. The number of para-hydroxylation sites is 6. The minimum Gasteiger partial charge on any atom is -0.456 e. The number of fused-ring (bicyclic) bond motifs is 18. The molecule has 0 saturated carbocycles. The van der Waals surface area contributed by atoms with E-state index < -0.39 is 0 Å². The first-order valence-corrected chi connectivity index (χ1v) is 32.9. The lowest BCUT2D eigenvalue weighted by atomic mass is 9.96. The molecule has 0 bridgehead atoms. The van der Waals surface area contributed by atoms with E-state index in [1.165, 1.54) is 65.2 Å². The van der Waals surface area contributed by atoms with Gasteiger partial charge in [-0.3, -0.25) is 0 Å². The van der Waals surface area contributed by atoms with Crippen LogP contribution in [0.15, 0.2) is 336 Å². The normalized spacial score (nSPS) is 12.2. The predicted molar refractivity (Wildman–Crippen MR) is 400 cm³/mol. The van der Waals surface area contributed by atoms with Crippen molar-refractivity contribution in [2.24, 2.45) is 0 Å². The molecule has 0 radical (unpaired) electrons. The van der Waals surface area contributed by atoms with Gasteiger partial charge in [0.15, 0.2) is 0 Å². The molecule has 6 heterocycles. The summed E-state index contributed by atoms with van der Waals surface area (Å²) < 4.78 is 22.8. The predicted octanol–water partition coefficient (Wildman–Crippen LogP) is 24.5. The van der Waals surface area contributed by atoms with E-state index in [9.17, 15) is 0 Å². The molecule has 0 saturated heterocycles. The zero-order valence-electron chi connectivity index (χ0n) is 51.8. The smallest absolute Gasteiger partial charge is 0.135 e. The van der Waals surface area contributed by atoms with Crippen LogP contribution >= 0.6 is 0 Å². The van der Waals surface area contributed by atoms with Crippen molar-refractivity contribution in [2.75, 3.05) is 0 Å². The minimum atomic E-state index is 0.862. The fourth-order valence-electron chi connectivity index (χ4n) is 15.9. The van der Waals surface area contributed by atoms with E-state index in [4.69, 9.17) is 8.83 Å². The molecule has 0 amide bonds. The lowest BCUT2D eigenvalue weighted by molar-refractivity contribution is 0.668. The Morgan fingerprint density at radius 1 is 0.146 bits per heavy atom. The average molecular weight is 1220 g/mol. The van der Waals surface area contributed by atoms with Crippen LogP contribution in [0.2, 0.25) is 0 Å². The zero-order valence-corrected chi connectivity index (χ0v) is 51.8. The summed E-state index contributed by atoms with van der Waals surface area (Å²) in [5.74, 6) is 0. The van der Waals surface area contributed by atoms with Crippen LogP contribution in [0.5, 0.6) is 0 Å². The monoisotopic (exact) mass is 1220 g/mol. The van der Waals surface area contributed by atoms with E-state index in [-0.39, 0.29) is 0 Å². The summed E-state index contributed by atoms with van der Waals surface area (Å²) in [6.45, 7) is 0. The topological polar surface area (TPSA) is 46.0 Å². The molecule has 446 valence electrons. The zero-order chi connectivity index (χ0) is 62.7. The van der Waals surface area contributed by atoms with Crippen LogP contribution in [0, 0.1) is 0 Å². The Kier molecular flexibility index (Phi) is 11.1. The number of nitrogens with zero attached hydrogens (tertiary/aromatic N) is 4. The summed E-state index contributed by atoms with van der Waals surface area (Å²) in [6.07, 6.45) is 0. The molecule has 0 spiro atoms. The Balaban J connectivity index is 0.634. The Labute approximate surface area is 549 Å². The second-order valence-corrected chi connectivity index (χ2v) is 25.6. The average Bonchev–Trinajstić information content (AvgIpc) is 1.59. The van der Waals surface area contributed by atoms with E-state index in [2.05, 4.69) is 346 Å². The highest BCUT2D eigenvalue weighted by Gasteiger charge is 2.22. The molecule has 0 aliphatic heterocycles. The van der Waals surface area contributed by atoms with E-state index >= 15 is 0 Å². The van der Waals surface area contributed by atoms with Gasteiger partial charge in [-0.15, -0.1) is 0 Å². The van der Waals surface area contributed by atoms with Crippen LogP contribution in [-0.4, -0.2) is 18.3 Å². The summed E-state index contributed by atoms with van der Waals surface area (Å²) >= 11 is 0. The molecule has 6 heteroatoms. The maximum absolute atomic E-state index is 6.60. The van der Waals surface area contributed by atoms with Crippen LogP contribution in [0.4, 0.5) is 0 Å². The van der Waals surface area contributed by atoms with Gasteiger partial charge >= 0.3 is 0 Å². The quantitative estimate of drug-likeness (QED) is 0.152. The highest BCUT2D eigenvalue weighted by Crippen LogP contribution is 2.44. The lowest BCUT2D eigenvalue weighted by Gasteiger charge is -2.10. The van der Waals surface area contributed by atoms with Crippen LogP contribution < -0.4 is 0 Å². The SMILES string of the molecule is c1ccc(-n2c3ccc(-c4ccc5oc6ccc(-c7cccc(-c8ccc9oc%10ccc(-c%11ccc%12c(c%11)c%11cc(-n%13c%14ccccc%14c%14ccccc%14%13)ccc%11n%12-c%11ccccc%11)cc%10c9c8)c7)cc6c5c4)cc3c3cc(-n4c5ccccc5c5ccccc54)ccc32)cc1. The van der Waals surface area contributed by atoms with Crippen molar-refractivity contribution in [1.29, 1.82) is 0 Å². The van der Waals surface area contributed by atoms with Crippen molar-refractivity contribution < 1.29 is 8.83 Å². The molecule has 0 aliphatic rings. The number of benzene rings is 15. The molecule has 15 aromatic carbocycles. The number of aromatic nitrogens is 4. The van der Waals surface area contributed by atoms with Crippen molar-refractivity contribution in [2.45, 2.75) is 0 Å². The fraction of sp³-hybridized carbons (Fsp3) is 0. The molecule has 21 aromatic rings. The van der Waals surface area contributed by atoms with Gasteiger partial charge in [-0.2, -0.15) is 0 Å². The van der Waals surface area contributed by atoms with Gasteiger partial charge in [0, 0.05) is 87.4 Å². The highest BCUT2D eigenvalue weighted by atomic mass is 16.3. The van der Waals surface area contributed by atoms with Gasteiger partial charge < -0.3 is 27.1 Å². The summed E-state index contributed by atoms with van der Waals surface area (Å²) in [6, 6.07) is 120. The fourth-order valence-corrected chi connectivity index (χ4v) is 15.9. The van der Waals surface area contributed by atoms with Gasteiger partial charge in [0.25, 0.3) is 0 Å². The summed E-state index contributed by atoms with van der Waals surface area (Å²) in [5, 5.41) is 14.1. The number of hydrogen-bond acceptors (Lipinski definition) is 2. The standard InChI is InChI=1S/C90H54N4O2/c1-3-18-63(19-4-1)91-83-38-30-57(47-71(83)73-53-65(36-40-85(73)91)93-79-26-11-7-22-67(79)68-23-8-12-27-80(68)93)61-34-44-89-77(51-61)75-49-59(32-42-87(75)95-89)55-16-15-17-56(46-55)60-33-43-88-76(50-60)78-52-62(35-45-90(78)96-88)58-31-39-84-72(48-58)74-54-66(37-41-86(74)92(84)64-20-5-2-6-21-64)94-81-28-13-9-24-69(81)70-25-10-14-29-82(70)94/h1-54H. The van der Waals surface area contributed by atoms with E-state index in [0.29, 0.717) is 0 Å². The van der Waals surface area contributed by atoms with Gasteiger partial charge in [-0.1, -0.05) is 164 Å². The van der Waals surface area contributed by atoms with Crippen molar-refractivity contribution in [3.63, 3.8) is 0 Å². The van der Waals surface area contributed by atoms with E-state index in [1.54, 1.807) is 0 Å². The Morgan fingerprint density at radius 2 is 0.396 bits per heavy atom. The summed E-state index contributed by atoms with van der Waals surface area (Å²) in [5.41, 5.74) is 26.5. The molecule has 0 unspecified atom stereocenters. The third-order valence-electron chi connectivity index (χ3n) is 20.3. The van der Waals surface area contributed by atoms with Crippen molar-refractivity contribution in [1.82, 2.24) is 18.3 Å². The molecule has 6 nitrogen and oxygen atoms in total. The number of rotatable bonds is 8. The Morgan fingerprint density at radius 3 is 0.740 bits per heavy atom. The molecular weight excluding hydrogens is 1170 g/mol. The Hall–Kier alpha value is -12.9. The van der Waals surface area contributed by atoms with Gasteiger partial charge in [0.1, 0.15) is 22.3 Å². The summed E-state index contributed by atoms with van der Waals surface area (Å²) in [4.78, 5) is 0. The second-order valence-electron chi connectivity index (χ2n) is 25.6. The first-order chi connectivity index (χ1) is 47.6. The van der Waals surface area contributed by atoms with Crippen LogP contribution in [0.1, 0.15) is 0 Å².